The molecule has 1 fully saturated rings. The number of carboxylic acid groups (broad SMARTS) is 1. The molecule has 1 saturated heterocycles. The number of nitrogens with zero attached hydrogens (tertiary/aromatic N) is 3. The van der Waals surface area contributed by atoms with E-state index >= 15 is 0 Å². The van der Waals surface area contributed by atoms with Gasteiger partial charge in [-0.25, -0.2) is 9.48 Å². The lowest BCUT2D eigenvalue weighted by Gasteiger charge is -2.28. The van der Waals surface area contributed by atoms with Crippen LogP contribution in [0, 0.1) is 5.92 Å². The van der Waals surface area contributed by atoms with Gasteiger partial charge < -0.3 is 21.1 Å². The molecule has 0 unspecified atom stereocenters. The second-order valence-electron chi connectivity index (χ2n) is 8.53. The maximum atomic E-state index is 12.3. The summed E-state index contributed by atoms with van der Waals surface area (Å²) in [6.07, 6.45) is -0.516. The number of rotatable bonds is 5. The zero-order valence-electron chi connectivity index (χ0n) is 19.5. The number of carbonyl (C=O) groups excluding carboxylic acids is 2. The van der Waals surface area contributed by atoms with Crippen molar-refractivity contribution in [1.82, 2.24) is 14.7 Å². The van der Waals surface area contributed by atoms with Crippen molar-refractivity contribution < 1.29 is 32.7 Å². The summed E-state index contributed by atoms with van der Waals surface area (Å²) in [6.45, 7) is 2.12. The number of likely N-dealkylation sites (tertiary alicyclic amines) is 1. The lowest BCUT2D eigenvalue weighted by molar-refractivity contribution is -0.192. The lowest BCUT2D eigenvalue weighted by atomic mass is 9.93. The minimum absolute atomic E-state index is 0.0585. The van der Waals surface area contributed by atoms with E-state index in [0.717, 1.165) is 42.7 Å². The van der Waals surface area contributed by atoms with Crippen LogP contribution in [-0.4, -0.2) is 63.9 Å². The van der Waals surface area contributed by atoms with E-state index in [0.29, 0.717) is 23.4 Å². The molecule has 0 aliphatic carbocycles. The van der Waals surface area contributed by atoms with Crippen LogP contribution in [0.1, 0.15) is 29.6 Å². The Hall–Kier alpha value is -3.93. The maximum Gasteiger partial charge on any atom is 0.490 e. The standard InChI is InChI=1S/C22H25N5O2.C2HF3O2/c1-26-11-9-15(10-12-26)13-20(28)24-17-5-7-18(8-6-17)27-14-16-3-2-4-19(22(23)29)21(16)25-27;3-2(4,5)1(6)7/h2-8,14-15H,9-13H2,1H3,(H2,23,29)(H,24,28);(H,6,7). The highest BCUT2D eigenvalue weighted by molar-refractivity contribution is 6.04. The highest BCUT2D eigenvalue weighted by Crippen LogP contribution is 2.22. The van der Waals surface area contributed by atoms with Gasteiger partial charge in [0.1, 0.15) is 5.52 Å². The average Bonchev–Trinajstić information content (AvgIpc) is 3.25. The molecule has 192 valence electrons. The number of hydrogen-bond acceptors (Lipinski definition) is 5. The molecule has 0 atom stereocenters. The van der Waals surface area contributed by atoms with E-state index in [1.54, 1.807) is 16.8 Å². The highest BCUT2D eigenvalue weighted by Gasteiger charge is 2.38. The number of carbonyl (C=O) groups is 3. The van der Waals surface area contributed by atoms with Crippen LogP contribution in [-0.2, 0) is 9.59 Å². The van der Waals surface area contributed by atoms with Crippen molar-refractivity contribution >= 4 is 34.4 Å². The van der Waals surface area contributed by atoms with Gasteiger partial charge in [-0.1, -0.05) is 12.1 Å². The SMILES string of the molecule is CN1CCC(CC(=O)Nc2ccc(-n3cc4cccc(C(N)=O)c4n3)cc2)CC1.O=C(O)C(F)(F)F. The average molecular weight is 505 g/mol. The minimum atomic E-state index is -5.08. The topological polar surface area (TPSA) is 131 Å². The number of nitrogens with one attached hydrogen (secondary N) is 1. The Balaban J connectivity index is 0.000000454. The first-order chi connectivity index (χ1) is 16.9. The fraction of sp³-hybridized carbons (Fsp3) is 0.333. The third-order valence-corrected chi connectivity index (χ3v) is 5.77. The summed E-state index contributed by atoms with van der Waals surface area (Å²) in [4.78, 5) is 35.1. The van der Waals surface area contributed by atoms with E-state index in [2.05, 4.69) is 22.4 Å². The number of halogens is 3. The Morgan fingerprint density at radius 1 is 1.11 bits per heavy atom. The van der Waals surface area contributed by atoms with Crippen molar-refractivity contribution in [1.29, 1.82) is 0 Å². The number of hydrogen-bond donors (Lipinski definition) is 3. The molecule has 4 N–H and O–H groups in total. The van der Waals surface area contributed by atoms with Crippen molar-refractivity contribution in [2.24, 2.45) is 11.7 Å². The number of aromatic nitrogens is 2. The van der Waals surface area contributed by atoms with Crippen LogP contribution in [0.4, 0.5) is 18.9 Å². The zero-order valence-corrected chi connectivity index (χ0v) is 19.5. The van der Waals surface area contributed by atoms with Crippen LogP contribution in [0.25, 0.3) is 16.6 Å². The van der Waals surface area contributed by atoms with Crippen LogP contribution >= 0.6 is 0 Å². The van der Waals surface area contributed by atoms with Gasteiger partial charge in [0.2, 0.25) is 5.91 Å². The van der Waals surface area contributed by atoms with E-state index in [4.69, 9.17) is 15.6 Å². The van der Waals surface area contributed by atoms with Crippen molar-refractivity contribution in [3.8, 4) is 5.69 Å². The van der Waals surface area contributed by atoms with Crippen LogP contribution in [0.15, 0.2) is 48.7 Å². The van der Waals surface area contributed by atoms with Crippen molar-refractivity contribution in [2.45, 2.75) is 25.4 Å². The summed E-state index contributed by atoms with van der Waals surface area (Å²) in [7, 11) is 2.12. The van der Waals surface area contributed by atoms with Crippen LogP contribution in [0.5, 0.6) is 0 Å². The molecule has 3 aromatic rings. The number of benzene rings is 2. The molecule has 2 aromatic carbocycles. The molecule has 0 saturated carbocycles. The molecule has 0 bridgehead atoms. The Morgan fingerprint density at radius 2 is 1.72 bits per heavy atom. The number of aliphatic carboxylic acids is 1. The zero-order chi connectivity index (χ0) is 26.5. The van der Waals surface area contributed by atoms with Crippen molar-refractivity contribution in [2.75, 3.05) is 25.5 Å². The van der Waals surface area contributed by atoms with E-state index in [9.17, 15) is 22.8 Å². The van der Waals surface area contributed by atoms with Gasteiger partial charge in [0.15, 0.2) is 0 Å². The molecular weight excluding hydrogens is 479 g/mol. The Labute approximate surface area is 204 Å². The number of primary amides is 1. The number of alkyl halides is 3. The third kappa shape index (κ3) is 7.04. The minimum Gasteiger partial charge on any atom is -0.475 e. The normalized spacial score (nSPS) is 14.7. The first-order valence-electron chi connectivity index (χ1n) is 11.1. The number of piperidine rings is 1. The largest absolute Gasteiger partial charge is 0.490 e. The molecule has 0 radical (unpaired) electrons. The fourth-order valence-corrected chi connectivity index (χ4v) is 3.81. The molecule has 1 aliphatic rings. The molecule has 9 nitrogen and oxygen atoms in total. The van der Waals surface area contributed by atoms with E-state index in [-0.39, 0.29) is 5.91 Å². The summed E-state index contributed by atoms with van der Waals surface area (Å²) in [5.74, 6) is -2.74. The highest BCUT2D eigenvalue weighted by atomic mass is 19.4. The lowest BCUT2D eigenvalue weighted by Crippen LogP contribution is -2.31. The van der Waals surface area contributed by atoms with Gasteiger partial charge in [-0.2, -0.15) is 18.3 Å². The summed E-state index contributed by atoms with van der Waals surface area (Å²) < 4.78 is 33.4. The predicted octanol–water partition coefficient (Wildman–Crippen LogP) is 3.43. The second kappa shape index (κ2) is 11.2. The molecule has 12 heteroatoms. The molecule has 1 aromatic heterocycles. The van der Waals surface area contributed by atoms with Gasteiger partial charge in [-0.05, 0) is 69.2 Å². The number of amides is 2. The third-order valence-electron chi connectivity index (χ3n) is 5.77. The summed E-state index contributed by atoms with van der Waals surface area (Å²) in [5, 5.41) is 15.5. The van der Waals surface area contributed by atoms with Crippen LogP contribution in [0.2, 0.25) is 0 Å². The van der Waals surface area contributed by atoms with Gasteiger partial charge in [0, 0.05) is 23.7 Å². The fourth-order valence-electron chi connectivity index (χ4n) is 3.81. The van der Waals surface area contributed by atoms with Crippen molar-refractivity contribution in [3.05, 3.63) is 54.2 Å². The number of fused-ring (bicyclic) bond motifs is 1. The van der Waals surface area contributed by atoms with Gasteiger partial charge in [-0.15, -0.1) is 0 Å². The second-order valence-corrected chi connectivity index (χ2v) is 8.53. The summed E-state index contributed by atoms with van der Waals surface area (Å²) >= 11 is 0. The monoisotopic (exact) mass is 505 g/mol. The molecule has 0 spiro atoms. The van der Waals surface area contributed by atoms with E-state index < -0.39 is 18.1 Å². The summed E-state index contributed by atoms with van der Waals surface area (Å²) in [6, 6.07) is 12.9. The Morgan fingerprint density at radius 3 is 2.28 bits per heavy atom. The Kier molecular flexibility index (Phi) is 8.30. The van der Waals surface area contributed by atoms with Gasteiger partial charge in [0.25, 0.3) is 5.91 Å². The Bertz CT molecular complexity index is 1230. The molecule has 2 heterocycles. The van der Waals surface area contributed by atoms with E-state index in [1.165, 1.54) is 0 Å². The van der Waals surface area contributed by atoms with Gasteiger partial charge >= 0.3 is 12.1 Å². The predicted molar refractivity (Wildman–Crippen MR) is 127 cm³/mol. The van der Waals surface area contributed by atoms with Crippen LogP contribution in [0.3, 0.4) is 0 Å². The van der Waals surface area contributed by atoms with Gasteiger partial charge in [-0.3, -0.25) is 9.59 Å². The van der Waals surface area contributed by atoms with Crippen molar-refractivity contribution in [3.63, 3.8) is 0 Å². The maximum absolute atomic E-state index is 12.3. The number of carboxylic acids is 1. The number of nitrogens with two attached hydrogens (primary N) is 1. The smallest absolute Gasteiger partial charge is 0.475 e. The quantitative estimate of drug-likeness (QED) is 0.487. The molecular formula is C24H26F3N5O4. The summed E-state index contributed by atoms with van der Waals surface area (Å²) in [5.41, 5.74) is 8.02. The first kappa shape index (κ1) is 26.7. The molecule has 1 aliphatic heterocycles. The molecule has 2 amide bonds. The molecule has 36 heavy (non-hydrogen) atoms. The number of anilines is 1. The van der Waals surface area contributed by atoms with E-state index in [1.807, 2.05) is 36.5 Å². The first-order valence-corrected chi connectivity index (χ1v) is 11.1. The molecule has 4 rings (SSSR count). The van der Waals surface area contributed by atoms with Gasteiger partial charge in [0.05, 0.1) is 11.3 Å². The van der Waals surface area contributed by atoms with Crippen LogP contribution < -0.4 is 11.1 Å².